The number of likely N-dealkylation sites (tertiary alicyclic amines) is 1. The SMILES string of the molecule is COc1ccc2ncc(Cl)c([C@@H](F)CCC3(C(=O)O)CCN(CCCSc4cccs4)CC3)c2c1. The predicted octanol–water partition coefficient (Wildman–Crippen LogP) is 7.10. The summed E-state index contributed by atoms with van der Waals surface area (Å²) in [5.74, 6) is 0.818. The Morgan fingerprint density at radius 1 is 1.37 bits per heavy atom. The smallest absolute Gasteiger partial charge is 0.309 e. The van der Waals surface area contributed by atoms with Crippen molar-refractivity contribution in [1.82, 2.24) is 9.88 Å². The first-order chi connectivity index (χ1) is 16.9. The van der Waals surface area contributed by atoms with Crippen LogP contribution in [0.5, 0.6) is 5.75 Å². The molecule has 1 aliphatic rings. The Balaban J connectivity index is 1.35. The van der Waals surface area contributed by atoms with Crippen molar-refractivity contribution in [1.29, 1.82) is 0 Å². The number of halogens is 2. The molecule has 9 heteroatoms. The van der Waals surface area contributed by atoms with Crippen molar-refractivity contribution in [3.05, 3.63) is 52.5 Å². The van der Waals surface area contributed by atoms with Crippen molar-refractivity contribution >= 4 is 51.6 Å². The standard InChI is InChI=1S/C26H30ClFN2O3S2/c1-33-18-5-6-22-19(16-18)24(20(27)17-29-22)21(28)7-8-26(25(31)32)9-12-30(13-10-26)11-3-15-35-23-4-2-14-34-23/h2,4-6,14,16-17,21H,3,7-13,15H2,1H3,(H,31,32)/t21-/m0/s1. The Morgan fingerprint density at radius 2 is 2.17 bits per heavy atom. The van der Waals surface area contributed by atoms with Gasteiger partial charge < -0.3 is 14.7 Å². The van der Waals surface area contributed by atoms with Gasteiger partial charge in [0.2, 0.25) is 0 Å². The fourth-order valence-corrected chi connectivity index (χ4v) is 6.80. The van der Waals surface area contributed by atoms with E-state index in [1.165, 1.54) is 10.4 Å². The van der Waals surface area contributed by atoms with E-state index in [1.54, 1.807) is 36.6 Å². The van der Waals surface area contributed by atoms with Gasteiger partial charge in [-0.1, -0.05) is 17.7 Å². The number of methoxy groups -OCH3 is 1. The number of rotatable bonds is 11. The van der Waals surface area contributed by atoms with Crippen LogP contribution in [-0.2, 0) is 4.79 Å². The van der Waals surface area contributed by atoms with E-state index >= 15 is 4.39 Å². The molecule has 1 aromatic carbocycles. The van der Waals surface area contributed by atoms with E-state index in [4.69, 9.17) is 16.3 Å². The van der Waals surface area contributed by atoms with Gasteiger partial charge in [-0.25, -0.2) is 4.39 Å². The van der Waals surface area contributed by atoms with Gasteiger partial charge in [-0.05, 0) is 81.4 Å². The maximum absolute atomic E-state index is 15.6. The van der Waals surface area contributed by atoms with Crippen molar-refractivity contribution in [3.63, 3.8) is 0 Å². The van der Waals surface area contributed by atoms with Gasteiger partial charge in [-0.3, -0.25) is 9.78 Å². The molecule has 1 atom stereocenters. The number of benzene rings is 1. The van der Waals surface area contributed by atoms with Crippen LogP contribution in [0.25, 0.3) is 10.9 Å². The second kappa shape index (κ2) is 11.9. The van der Waals surface area contributed by atoms with Gasteiger partial charge in [0.25, 0.3) is 0 Å². The van der Waals surface area contributed by atoms with Crippen molar-refractivity contribution < 1.29 is 19.0 Å². The summed E-state index contributed by atoms with van der Waals surface area (Å²) in [6.07, 6.45) is 2.57. The molecule has 0 unspecified atom stereocenters. The molecule has 188 valence electrons. The number of pyridine rings is 1. The minimum Gasteiger partial charge on any atom is -0.497 e. The summed E-state index contributed by atoms with van der Waals surface area (Å²) in [5.41, 5.74) is 0.0858. The zero-order valence-corrected chi connectivity index (χ0v) is 22.1. The van der Waals surface area contributed by atoms with Crippen LogP contribution in [0.4, 0.5) is 4.39 Å². The molecule has 3 heterocycles. The summed E-state index contributed by atoms with van der Waals surface area (Å²) in [4.78, 5) is 18.9. The lowest BCUT2D eigenvalue weighted by Crippen LogP contribution is -2.44. The third kappa shape index (κ3) is 6.28. The van der Waals surface area contributed by atoms with Crippen LogP contribution >= 0.6 is 34.7 Å². The van der Waals surface area contributed by atoms with Crippen LogP contribution in [0.1, 0.15) is 43.8 Å². The summed E-state index contributed by atoms with van der Waals surface area (Å²) in [6.45, 7) is 2.41. The molecule has 3 aromatic rings. The number of nitrogens with zero attached hydrogens (tertiary/aromatic N) is 2. The first-order valence-corrected chi connectivity index (χ1v) is 14.0. The van der Waals surface area contributed by atoms with Crippen LogP contribution in [0, 0.1) is 5.41 Å². The van der Waals surface area contributed by atoms with Crippen LogP contribution in [0.2, 0.25) is 5.02 Å². The average molecular weight is 537 g/mol. The largest absolute Gasteiger partial charge is 0.497 e. The molecule has 0 bridgehead atoms. The summed E-state index contributed by atoms with van der Waals surface area (Å²) >= 11 is 9.98. The lowest BCUT2D eigenvalue weighted by Gasteiger charge is -2.39. The topological polar surface area (TPSA) is 62.7 Å². The highest BCUT2D eigenvalue weighted by atomic mass is 35.5. The molecule has 0 aliphatic carbocycles. The van der Waals surface area contributed by atoms with Gasteiger partial charge in [-0.2, -0.15) is 0 Å². The van der Waals surface area contributed by atoms with Crippen LogP contribution in [0.15, 0.2) is 46.1 Å². The molecule has 35 heavy (non-hydrogen) atoms. The second-order valence-corrected chi connectivity index (χ2v) is 11.7. The van der Waals surface area contributed by atoms with Crippen LogP contribution < -0.4 is 4.74 Å². The number of ether oxygens (including phenoxy) is 1. The number of piperidine rings is 1. The first-order valence-electron chi connectivity index (χ1n) is 11.8. The van der Waals surface area contributed by atoms with E-state index in [-0.39, 0.29) is 17.9 Å². The highest BCUT2D eigenvalue weighted by molar-refractivity contribution is 8.01. The van der Waals surface area contributed by atoms with Gasteiger partial charge in [0.05, 0.1) is 27.3 Å². The van der Waals surface area contributed by atoms with Crippen LogP contribution in [0.3, 0.4) is 0 Å². The number of carboxylic acids is 1. The van der Waals surface area contributed by atoms with E-state index in [2.05, 4.69) is 27.4 Å². The Labute approximate surface area is 218 Å². The lowest BCUT2D eigenvalue weighted by atomic mass is 9.74. The summed E-state index contributed by atoms with van der Waals surface area (Å²) < 4.78 is 22.2. The lowest BCUT2D eigenvalue weighted by molar-refractivity contribution is -0.153. The molecule has 0 saturated carbocycles. The minimum absolute atomic E-state index is 0.0970. The third-order valence-electron chi connectivity index (χ3n) is 6.88. The van der Waals surface area contributed by atoms with Gasteiger partial charge in [0.15, 0.2) is 0 Å². The van der Waals surface area contributed by atoms with Gasteiger partial charge >= 0.3 is 5.97 Å². The van der Waals surface area contributed by atoms with Crippen molar-refractivity contribution in [2.45, 2.75) is 42.5 Å². The highest BCUT2D eigenvalue weighted by Gasteiger charge is 2.41. The Kier molecular flexibility index (Phi) is 8.92. The molecule has 1 saturated heterocycles. The maximum atomic E-state index is 15.6. The number of thioether (sulfide) groups is 1. The molecule has 0 amide bonds. The number of carboxylic acid groups (broad SMARTS) is 1. The number of hydrogen-bond donors (Lipinski definition) is 1. The van der Waals surface area contributed by atoms with Crippen LogP contribution in [-0.4, -0.2) is 53.5 Å². The highest BCUT2D eigenvalue weighted by Crippen LogP contribution is 2.42. The van der Waals surface area contributed by atoms with Crippen molar-refractivity contribution in [3.8, 4) is 5.75 Å². The molecule has 1 aliphatic heterocycles. The summed E-state index contributed by atoms with van der Waals surface area (Å²) in [6, 6.07) is 9.47. The van der Waals surface area contributed by atoms with E-state index in [9.17, 15) is 9.90 Å². The van der Waals surface area contributed by atoms with Gasteiger partial charge in [-0.15, -0.1) is 23.1 Å². The normalized spacial score (nSPS) is 16.9. The maximum Gasteiger partial charge on any atom is 0.309 e. The van der Waals surface area contributed by atoms with E-state index in [0.29, 0.717) is 35.1 Å². The van der Waals surface area contributed by atoms with Crippen molar-refractivity contribution in [2.75, 3.05) is 32.5 Å². The van der Waals surface area contributed by atoms with E-state index in [1.807, 2.05) is 11.8 Å². The Hall–Kier alpha value is -1.87. The number of fused-ring (bicyclic) bond motifs is 1. The second-order valence-electron chi connectivity index (χ2n) is 8.97. The molecule has 1 fully saturated rings. The fraction of sp³-hybridized carbons (Fsp3) is 0.462. The fourth-order valence-electron chi connectivity index (χ4n) is 4.74. The molecule has 1 N–H and O–H groups in total. The Morgan fingerprint density at radius 3 is 2.86 bits per heavy atom. The van der Waals surface area contributed by atoms with Gasteiger partial charge in [0, 0.05) is 22.9 Å². The number of aromatic nitrogens is 1. The molecule has 4 rings (SSSR count). The molecule has 0 radical (unpaired) electrons. The number of alkyl halides is 1. The summed E-state index contributed by atoms with van der Waals surface area (Å²) in [7, 11) is 1.55. The third-order valence-corrected chi connectivity index (χ3v) is 9.40. The minimum atomic E-state index is -1.39. The summed E-state index contributed by atoms with van der Waals surface area (Å²) in [5, 5.41) is 13.0. The molecule has 5 nitrogen and oxygen atoms in total. The van der Waals surface area contributed by atoms with Gasteiger partial charge in [0.1, 0.15) is 11.9 Å². The van der Waals surface area contributed by atoms with Crippen molar-refractivity contribution in [2.24, 2.45) is 5.41 Å². The Bertz CT molecular complexity index is 1140. The predicted molar refractivity (Wildman–Crippen MR) is 142 cm³/mol. The number of aliphatic carboxylic acids is 1. The molecule has 2 aromatic heterocycles. The molecular formula is C26H30ClFN2O3S2. The first kappa shape index (κ1) is 26.2. The van der Waals surface area contributed by atoms with E-state index < -0.39 is 17.6 Å². The molecular weight excluding hydrogens is 507 g/mol. The number of carbonyl (C=O) groups is 1. The quantitative estimate of drug-likeness (QED) is 0.208. The zero-order valence-electron chi connectivity index (χ0n) is 19.7. The monoisotopic (exact) mass is 536 g/mol. The average Bonchev–Trinajstić information content (AvgIpc) is 3.39. The number of hydrogen-bond acceptors (Lipinski definition) is 6. The number of thiophene rings is 1. The zero-order chi connectivity index (χ0) is 24.8. The molecule has 0 spiro atoms. The van der Waals surface area contributed by atoms with E-state index in [0.717, 1.165) is 31.8 Å².